The van der Waals surface area contributed by atoms with Crippen LogP contribution in [0.15, 0.2) is 6.07 Å². The van der Waals surface area contributed by atoms with Crippen molar-refractivity contribution in [3.05, 3.63) is 33.9 Å². The molecule has 0 nitrogen and oxygen atoms in total. The van der Waals surface area contributed by atoms with Gasteiger partial charge in [-0.25, -0.2) is 0 Å². The third-order valence-corrected chi connectivity index (χ3v) is 7.45. The van der Waals surface area contributed by atoms with Gasteiger partial charge in [0.05, 0.1) is 0 Å². The zero-order valence-electron chi connectivity index (χ0n) is 20.2. The minimum atomic E-state index is 0.452. The Morgan fingerprint density at radius 2 is 1.14 bits per heavy atom. The highest BCUT2D eigenvalue weighted by Gasteiger charge is 2.15. The van der Waals surface area contributed by atoms with Gasteiger partial charge in [-0.3, -0.25) is 0 Å². The molecule has 162 valence electrons. The Kier molecular flexibility index (Phi) is 11.1. The van der Waals surface area contributed by atoms with Gasteiger partial charge in [0.25, 0.3) is 0 Å². The van der Waals surface area contributed by atoms with Gasteiger partial charge in [0.15, 0.2) is 0 Å². The second-order valence-electron chi connectivity index (χ2n) is 10.4. The summed E-state index contributed by atoms with van der Waals surface area (Å²) >= 11 is 2.58. The Hall–Kier alpha value is -0.0500. The maximum Gasteiger partial charge on any atom is 0.0166 e. The summed E-state index contributed by atoms with van der Waals surface area (Å²) in [6.07, 6.45) is 14.7. The fourth-order valence-electron chi connectivity index (χ4n) is 4.02. The molecule has 0 aliphatic heterocycles. The lowest BCUT2D eigenvalue weighted by atomic mass is 9.84. The molecule has 0 heterocycles. The van der Waals surface area contributed by atoms with Crippen LogP contribution in [0.25, 0.3) is 0 Å². The molecule has 1 rings (SSSR count). The molecule has 0 aromatic heterocycles. The third kappa shape index (κ3) is 9.63. The summed E-state index contributed by atoms with van der Waals surface area (Å²) in [6, 6.07) is 2.55. The number of halogens is 1. The van der Waals surface area contributed by atoms with E-state index in [1.807, 2.05) is 0 Å². The highest BCUT2D eigenvalue weighted by molar-refractivity contribution is 14.1. The van der Waals surface area contributed by atoms with Crippen molar-refractivity contribution in [2.45, 2.75) is 129 Å². The lowest BCUT2D eigenvalue weighted by molar-refractivity contribution is 0.308. The summed E-state index contributed by atoms with van der Waals surface area (Å²) in [7, 11) is 0. The van der Waals surface area contributed by atoms with Crippen molar-refractivity contribution in [2.75, 3.05) is 0 Å². The van der Waals surface area contributed by atoms with Gasteiger partial charge in [-0.05, 0) is 92.5 Å². The number of benzene rings is 1. The van der Waals surface area contributed by atoms with Crippen LogP contribution in [0.5, 0.6) is 0 Å². The quantitative estimate of drug-likeness (QED) is 0.144. The summed E-state index contributed by atoms with van der Waals surface area (Å²) in [4.78, 5) is 0. The third-order valence-electron chi connectivity index (χ3n) is 6.91. The first-order chi connectivity index (χ1) is 13.0. The zero-order valence-corrected chi connectivity index (χ0v) is 22.4. The lowest BCUT2D eigenvalue weighted by Gasteiger charge is -2.22. The van der Waals surface area contributed by atoms with Gasteiger partial charge in [-0.2, -0.15) is 0 Å². The molecule has 0 saturated heterocycles. The number of rotatable bonds is 13. The number of hydrogen-bond acceptors (Lipinski definition) is 0. The fourth-order valence-corrected chi connectivity index (χ4v) is 4.40. The van der Waals surface area contributed by atoms with Crippen LogP contribution in [0.3, 0.4) is 0 Å². The van der Waals surface area contributed by atoms with Gasteiger partial charge in [0.2, 0.25) is 0 Å². The topological polar surface area (TPSA) is 0 Å². The van der Waals surface area contributed by atoms with Crippen LogP contribution in [-0.4, -0.2) is 3.42 Å². The molecule has 0 radical (unpaired) electrons. The van der Waals surface area contributed by atoms with Gasteiger partial charge < -0.3 is 0 Å². The molecule has 0 aliphatic carbocycles. The van der Waals surface area contributed by atoms with E-state index in [0.29, 0.717) is 8.84 Å². The zero-order chi connectivity index (χ0) is 21.4. The number of aryl methyl sites for hydroxylation is 2. The summed E-state index contributed by atoms with van der Waals surface area (Å²) in [5.41, 5.74) is 8.37. The monoisotopic (exact) mass is 498 g/mol. The maximum atomic E-state index is 2.58. The molecule has 0 amide bonds. The maximum absolute atomic E-state index is 2.58. The molecule has 28 heavy (non-hydrogen) atoms. The van der Waals surface area contributed by atoms with Crippen LogP contribution < -0.4 is 0 Å². The normalized spacial score (nSPS) is 12.6. The number of hydrogen-bond donors (Lipinski definition) is 0. The summed E-state index contributed by atoms with van der Waals surface area (Å²) in [6.45, 7) is 18.8. The SMILES string of the molecule is CCC(C)(C)CCCCCc1cc(CCCCCC(C)(C)I)c(C)c(C)c1C. The van der Waals surface area contributed by atoms with Gasteiger partial charge in [0, 0.05) is 3.42 Å². The van der Waals surface area contributed by atoms with Gasteiger partial charge in [-0.1, -0.05) is 95.4 Å². The molecule has 0 atom stereocenters. The Morgan fingerprint density at radius 1 is 0.679 bits per heavy atom. The first kappa shape index (κ1) is 26.0. The van der Waals surface area contributed by atoms with E-state index in [-0.39, 0.29) is 0 Å². The van der Waals surface area contributed by atoms with Gasteiger partial charge in [-0.15, -0.1) is 0 Å². The van der Waals surface area contributed by atoms with Crippen LogP contribution in [0.1, 0.15) is 120 Å². The Bertz CT molecular complexity index is 589. The van der Waals surface area contributed by atoms with Crippen LogP contribution in [0.2, 0.25) is 0 Å². The van der Waals surface area contributed by atoms with Gasteiger partial charge >= 0.3 is 0 Å². The highest BCUT2D eigenvalue weighted by atomic mass is 127. The molecule has 0 spiro atoms. The molecule has 0 unspecified atom stereocenters. The summed E-state index contributed by atoms with van der Waals surface area (Å²) < 4.78 is 0.452. The van der Waals surface area contributed by atoms with E-state index in [2.05, 4.69) is 84.0 Å². The molecule has 0 saturated carbocycles. The first-order valence-electron chi connectivity index (χ1n) is 11.7. The van der Waals surface area contributed by atoms with Crippen LogP contribution in [0, 0.1) is 26.2 Å². The van der Waals surface area contributed by atoms with Crippen LogP contribution in [-0.2, 0) is 12.8 Å². The van der Waals surface area contributed by atoms with Crippen LogP contribution in [0.4, 0.5) is 0 Å². The Morgan fingerprint density at radius 3 is 1.57 bits per heavy atom. The van der Waals surface area contributed by atoms with Crippen molar-refractivity contribution in [1.82, 2.24) is 0 Å². The molecule has 1 aromatic carbocycles. The average molecular weight is 499 g/mol. The van der Waals surface area contributed by atoms with E-state index in [0.717, 1.165) is 0 Å². The van der Waals surface area contributed by atoms with Crippen LogP contribution >= 0.6 is 22.6 Å². The fraction of sp³-hybridized carbons (Fsp3) is 0.778. The van der Waals surface area contributed by atoms with E-state index in [9.17, 15) is 0 Å². The number of unbranched alkanes of at least 4 members (excludes halogenated alkanes) is 4. The number of alkyl halides is 1. The molecule has 0 bridgehead atoms. The van der Waals surface area contributed by atoms with E-state index >= 15 is 0 Å². The minimum absolute atomic E-state index is 0.452. The molecule has 0 N–H and O–H groups in total. The van der Waals surface area contributed by atoms with E-state index in [1.165, 1.54) is 76.2 Å². The largest absolute Gasteiger partial charge is 0.0795 e. The molecular formula is C27H47I. The van der Waals surface area contributed by atoms with E-state index < -0.39 is 0 Å². The highest BCUT2D eigenvalue weighted by Crippen LogP contribution is 2.29. The van der Waals surface area contributed by atoms with E-state index in [4.69, 9.17) is 0 Å². The predicted octanol–water partition coefficient (Wildman–Crippen LogP) is 9.47. The minimum Gasteiger partial charge on any atom is -0.0795 e. The summed E-state index contributed by atoms with van der Waals surface area (Å²) in [5.74, 6) is 0. The first-order valence-corrected chi connectivity index (χ1v) is 12.8. The van der Waals surface area contributed by atoms with E-state index in [1.54, 1.807) is 22.3 Å². The molecule has 0 fully saturated rings. The average Bonchev–Trinajstić information content (AvgIpc) is 2.61. The molecule has 1 aromatic rings. The van der Waals surface area contributed by atoms with Crippen molar-refractivity contribution in [3.63, 3.8) is 0 Å². The van der Waals surface area contributed by atoms with Crippen molar-refractivity contribution >= 4 is 22.6 Å². The molecular weight excluding hydrogens is 451 g/mol. The predicted molar refractivity (Wildman–Crippen MR) is 137 cm³/mol. The van der Waals surface area contributed by atoms with Crippen molar-refractivity contribution in [1.29, 1.82) is 0 Å². The van der Waals surface area contributed by atoms with Crippen molar-refractivity contribution in [2.24, 2.45) is 5.41 Å². The summed E-state index contributed by atoms with van der Waals surface area (Å²) in [5, 5.41) is 0. The van der Waals surface area contributed by atoms with Crippen molar-refractivity contribution < 1.29 is 0 Å². The second kappa shape index (κ2) is 12.0. The smallest absolute Gasteiger partial charge is 0.0166 e. The molecule has 0 aliphatic rings. The Balaban J connectivity index is 2.56. The van der Waals surface area contributed by atoms with Gasteiger partial charge in [0.1, 0.15) is 0 Å². The Labute approximate surface area is 190 Å². The molecule has 1 heteroatoms. The standard InChI is InChI=1S/C27H47I/c1-9-26(5,6)18-14-10-12-16-24-20-25(23(4)21(2)22(24)3)17-13-11-15-19-27(7,8)28/h20H,9-19H2,1-8H3. The van der Waals surface area contributed by atoms with Crippen molar-refractivity contribution in [3.8, 4) is 0 Å². The second-order valence-corrected chi connectivity index (χ2v) is 13.3. The lowest BCUT2D eigenvalue weighted by Crippen LogP contribution is -2.09.